The number of ether oxygens (including phenoxy) is 1. The largest absolute Gasteiger partial charge is 0.452 e. The maximum atomic E-state index is 12.1. The fraction of sp³-hybridized carbons (Fsp3) is 0.125. The molecule has 0 radical (unpaired) electrons. The summed E-state index contributed by atoms with van der Waals surface area (Å²) in [5.41, 5.74) is -1.58. The fourth-order valence-corrected chi connectivity index (χ4v) is 3.22. The second-order valence-electron chi connectivity index (χ2n) is 5.76. The van der Waals surface area contributed by atoms with E-state index in [1.54, 1.807) is 0 Å². The molecule has 14 heteroatoms. The monoisotopic (exact) mass is 457 g/mol. The highest BCUT2D eigenvalue weighted by Crippen LogP contribution is 2.27. The van der Waals surface area contributed by atoms with Crippen molar-refractivity contribution in [3.63, 3.8) is 0 Å². The van der Waals surface area contributed by atoms with E-state index >= 15 is 0 Å². The highest BCUT2D eigenvalue weighted by Gasteiger charge is 2.24. The third-order valence-electron chi connectivity index (χ3n) is 3.56. The van der Waals surface area contributed by atoms with Crippen LogP contribution in [-0.4, -0.2) is 43.0 Å². The SMILES string of the molecule is CS(=O)(=O)c1ccc(C(=O)OCC(=O)Nc2cc([N+](=O)[O-])ccc2Cl)cc1[N+](=O)[O-]. The predicted octanol–water partition coefficient (Wildman–Crippen LogP) is 2.36. The van der Waals surface area contributed by atoms with Crippen molar-refractivity contribution in [1.29, 1.82) is 0 Å². The molecule has 0 atom stereocenters. The highest BCUT2D eigenvalue weighted by molar-refractivity contribution is 7.90. The Morgan fingerprint density at radius 1 is 1.10 bits per heavy atom. The van der Waals surface area contributed by atoms with E-state index in [0.29, 0.717) is 6.07 Å². The summed E-state index contributed by atoms with van der Waals surface area (Å²) in [4.78, 5) is 43.6. The summed E-state index contributed by atoms with van der Waals surface area (Å²) in [5.74, 6) is -2.01. The lowest BCUT2D eigenvalue weighted by atomic mass is 10.2. The molecule has 1 N–H and O–H groups in total. The van der Waals surface area contributed by atoms with Crippen LogP contribution in [0.4, 0.5) is 17.1 Å². The highest BCUT2D eigenvalue weighted by atomic mass is 35.5. The molecule has 2 aromatic rings. The van der Waals surface area contributed by atoms with Gasteiger partial charge in [0.1, 0.15) is 4.90 Å². The predicted molar refractivity (Wildman–Crippen MR) is 103 cm³/mol. The molecule has 1 amide bonds. The molecule has 0 unspecified atom stereocenters. The van der Waals surface area contributed by atoms with Crippen LogP contribution < -0.4 is 5.32 Å². The normalized spacial score (nSPS) is 10.9. The number of non-ortho nitro benzene ring substituents is 1. The number of rotatable bonds is 7. The number of amides is 1. The van der Waals surface area contributed by atoms with Crippen LogP contribution in [-0.2, 0) is 19.4 Å². The molecule has 30 heavy (non-hydrogen) atoms. The van der Waals surface area contributed by atoms with Gasteiger partial charge >= 0.3 is 5.97 Å². The summed E-state index contributed by atoms with van der Waals surface area (Å²) in [7, 11) is -3.91. The van der Waals surface area contributed by atoms with Crippen LogP contribution in [0.25, 0.3) is 0 Å². The van der Waals surface area contributed by atoms with Gasteiger partial charge in [0.05, 0.1) is 26.1 Å². The summed E-state index contributed by atoms with van der Waals surface area (Å²) in [6.45, 7) is -0.834. The van der Waals surface area contributed by atoms with Gasteiger partial charge < -0.3 is 10.1 Å². The number of carbonyl (C=O) groups excluding carboxylic acids is 2. The van der Waals surface area contributed by atoms with Crippen LogP contribution in [0.15, 0.2) is 41.3 Å². The minimum atomic E-state index is -3.91. The van der Waals surface area contributed by atoms with Gasteiger partial charge in [-0.3, -0.25) is 25.0 Å². The van der Waals surface area contributed by atoms with E-state index in [9.17, 15) is 38.2 Å². The second kappa shape index (κ2) is 8.84. The van der Waals surface area contributed by atoms with Crippen LogP contribution in [0.3, 0.4) is 0 Å². The van der Waals surface area contributed by atoms with Crippen molar-refractivity contribution >= 4 is 50.4 Å². The van der Waals surface area contributed by atoms with Crippen molar-refractivity contribution in [1.82, 2.24) is 0 Å². The van der Waals surface area contributed by atoms with E-state index in [0.717, 1.165) is 30.5 Å². The Morgan fingerprint density at radius 2 is 1.77 bits per heavy atom. The molecule has 2 rings (SSSR count). The maximum Gasteiger partial charge on any atom is 0.338 e. The van der Waals surface area contributed by atoms with Gasteiger partial charge in [0.15, 0.2) is 16.4 Å². The molecule has 0 aliphatic carbocycles. The molecule has 0 aliphatic rings. The van der Waals surface area contributed by atoms with Crippen molar-refractivity contribution < 1.29 is 32.6 Å². The van der Waals surface area contributed by atoms with Crippen LogP contribution in [0, 0.1) is 20.2 Å². The van der Waals surface area contributed by atoms with E-state index in [2.05, 4.69) is 5.32 Å². The van der Waals surface area contributed by atoms with E-state index in [4.69, 9.17) is 16.3 Å². The van der Waals surface area contributed by atoms with Gasteiger partial charge in [0.25, 0.3) is 17.3 Å². The van der Waals surface area contributed by atoms with Gasteiger partial charge in [-0.25, -0.2) is 13.2 Å². The van der Waals surface area contributed by atoms with E-state index in [1.807, 2.05) is 0 Å². The molecule has 0 aromatic heterocycles. The first kappa shape index (κ1) is 22.7. The first-order valence-electron chi connectivity index (χ1n) is 7.79. The first-order chi connectivity index (χ1) is 13.9. The Labute approximate surface area is 173 Å². The number of anilines is 1. The summed E-state index contributed by atoms with van der Waals surface area (Å²) < 4.78 is 27.9. The second-order valence-corrected chi connectivity index (χ2v) is 8.15. The number of esters is 1. The van der Waals surface area contributed by atoms with Crippen molar-refractivity contribution in [3.05, 3.63) is 67.2 Å². The number of hydrogen-bond donors (Lipinski definition) is 1. The summed E-state index contributed by atoms with van der Waals surface area (Å²) in [6.07, 6.45) is 0.775. The minimum absolute atomic E-state index is 0.00673. The molecule has 158 valence electrons. The zero-order valence-corrected chi connectivity index (χ0v) is 16.6. The van der Waals surface area contributed by atoms with Crippen molar-refractivity contribution in [2.75, 3.05) is 18.2 Å². The number of hydrogen-bond acceptors (Lipinski definition) is 9. The van der Waals surface area contributed by atoms with Crippen LogP contribution in [0.1, 0.15) is 10.4 Å². The number of carbonyl (C=O) groups is 2. The molecular weight excluding hydrogens is 446 g/mol. The topological polar surface area (TPSA) is 176 Å². The molecule has 2 aromatic carbocycles. The Balaban J connectivity index is 2.12. The minimum Gasteiger partial charge on any atom is -0.452 e. The molecule has 0 aliphatic heterocycles. The Hall–Kier alpha value is -3.58. The first-order valence-corrected chi connectivity index (χ1v) is 10.1. The Morgan fingerprint density at radius 3 is 2.33 bits per heavy atom. The number of nitro groups is 2. The van der Waals surface area contributed by atoms with Gasteiger partial charge in [-0.2, -0.15) is 0 Å². The zero-order valence-electron chi connectivity index (χ0n) is 15.0. The number of nitro benzene ring substituents is 2. The molecule has 12 nitrogen and oxygen atoms in total. The molecule has 0 heterocycles. The molecular formula is C16H12ClN3O9S. The number of nitrogens with zero attached hydrogens (tertiary/aromatic N) is 2. The average molecular weight is 458 g/mol. The van der Waals surface area contributed by atoms with Crippen LogP contribution in [0.2, 0.25) is 5.02 Å². The standard InChI is InChI=1S/C16H12ClN3O9S/c1-30(27,28)14-5-2-9(6-13(14)20(25)26)16(22)29-8-15(21)18-12-7-10(19(23)24)3-4-11(12)17/h2-7H,8H2,1H3,(H,18,21). The summed E-state index contributed by atoms with van der Waals surface area (Å²) >= 11 is 5.84. The number of benzene rings is 2. The van der Waals surface area contributed by atoms with E-state index in [-0.39, 0.29) is 22.0 Å². The quantitative estimate of drug-likeness (QED) is 0.371. The number of nitrogens with one attached hydrogen (secondary N) is 1. The third-order valence-corrected chi connectivity index (χ3v) is 5.03. The Bertz CT molecular complexity index is 1160. The number of halogens is 1. The fourth-order valence-electron chi connectivity index (χ4n) is 2.22. The van der Waals surface area contributed by atoms with Gasteiger partial charge in [-0.1, -0.05) is 11.6 Å². The zero-order chi connectivity index (χ0) is 22.6. The molecule has 0 fully saturated rings. The summed E-state index contributed by atoms with van der Waals surface area (Å²) in [5, 5.41) is 24.1. The maximum absolute atomic E-state index is 12.1. The molecule has 0 saturated carbocycles. The lowest BCUT2D eigenvalue weighted by molar-refractivity contribution is -0.387. The lowest BCUT2D eigenvalue weighted by Gasteiger charge is -2.08. The lowest BCUT2D eigenvalue weighted by Crippen LogP contribution is -2.21. The van der Waals surface area contributed by atoms with Gasteiger partial charge in [-0.05, 0) is 18.2 Å². The average Bonchev–Trinajstić information content (AvgIpc) is 2.66. The van der Waals surface area contributed by atoms with Crippen molar-refractivity contribution in [3.8, 4) is 0 Å². The van der Waals surface area contributed by atoms with Crippen molar-refractivity contribution in [2.24, 2.45) is 0 Å². The van der Waals surface area contributed by atoms with Gasteiger partial charge in [0, 0.05) is 24.5 Å². The van der Waals surface area contributed by atoms with Gasteiger partial charge in [-0.15, -0.1) is 0 Å². The smallest absolute Gasteiger partial charge is 0.338 e. The van der Waals surface area contributed by atoms with Crippen LogP contribution in [0.5, 0.6) is 0 Å². The van der Waals surface area contributed by atoms with E-state index in [1.165, 1.54) is 6.07 Å². The van der Waals surface area contributed by atoms with Crippen LogP contribution >= 0.6 is 11.6 Å². The molecule has 0 spiro atoms. The third kappa shape index (κ3) is 5.48. The number of sulfone groups is 1. The van der Waals surface area contributed by atoms with Gasteiger partial charge in [0.2, 0.25) is 0 Å². The molecule has 0 bridgehead atoms. The molecule has 0 saturated heterocycles. The summed E-state index contributed by atoms with van der Waals surface area (Å²) in [6, 6.07) is 5.94. The van der Waals surface area contributed by atoms with Crippen molar-refractivity contribution in [2.45, 2.75) is 4.90 Å². The van der Waals surface area contributed by atoms with E-state index < -0.39 is 48.8 Å². The Kier molecular flexibility index (Phi) is 6.69.